The number of amides is 1. The van der Waals surface area contributed by atoms with Gasteiger partial charge in [0.1, 0.15) is 5.82 Å². The quantitative estimate of drug-likeness (QED) is 0.383. The largest absolute Gasteiger partial charge is 0.436 e. The number of aryl methyl sites for hydroxylation is 3. The lowest BCUT2D eigenvalue weighted by molar-refractivity contribution is 0.0994. The third kappa shape index (κ3) is 3.90. The van der Waals surface area contributed by atoms with E-state index in [9.17, 15) is 13.6 Å². The Morgan fingerprint density at radius 1 is 1.00 bits per heavy atom. The molecule has 1 aromatic carbocycles. The van der Waals surface area contributed by atoms with Crippen LogP contribution in [0, 0.1) is 32.5 Å². The van der Waals surface area contributed by atoms with Gasteiger partial charge in [-0.15, -0.1) is 0 Å². The molecule has 0 unspecified atom stereocenters. The van der Waals surface area contributed by atoms with E-state index in [4.69, 9.17) is 4.42 Å². The van der Waals surface area contributed by atoms with Gasteiger partial charge in [-0.3, -0.25) is 9.20 Å². The minimum Gasteiger partial charge on any atom is -0.436 e. The van der Waals surface area contributed by atoms with Gasteiger partial charge in [-0.05, 0) is 43.7 Å². The number of anilines is 1. The van der Waals surface area contributed by atoms with Gasteiger partial charge in [-0.1, -0.05) is 0 Å². The number of nitrogens with zero attached hydrogens (tertiary/aromatic N) is 5. The molecule has 8 nitrogen and oxygen atoms in total. The number of hydrogen-bond donors (Lipinski definition) is 1. The summed E-state index contributed by atoms with van der Waals surface area (Å²) >= 11 is 0. The number of nitrogens with one attached hydrogen (secondary N) is 1. The van der Waals surface area contributed by atoms with Crippen molar-refractivity contribution >= 4 is 17.4 Å². The first-order valence-electron chi connectivity index (χ1n) is 10.3. The Labute approximate surface area is 192 Å². The number of imidazole rings is 1. The topological polar surface area (TPSA) is 98.2 Å². The van der Waals surface area contributed by atoms with Crippen LogP contribution in [0.25, 0.3) is 28.2 Å². The van der Waals surface area contributed by atoms with Crippen LogP contribution < -0.4 is 5.32 Å². The minimum absolute atomic E-state index is 0.0886. The highest BCUT2D eigenvalue weighted by molar-refractivity contribution is 6.03. The van der Waals surface area contributed by atoms with Gasteiger partial charge in [-0.2, -0.15) is 4.39 Å². The van der Waals surface area contributed by atoms with E-state index in [1.807, 2.05) is 6.92 Å². The van der Waals surface area contributed by atoms with Crippen molar-refractivity contribution in [1.82, 2.24) is 24.3 Å². The van der Waals surface area contributed by atoms with Crippen LogP contribution >= 0.6 is 0 Å². The number of halogens is 2. The summed E-state index contributed by atoms with van der Waals surface area (Å²) in [6.45, 7) is 5.13. The molecule has 0 bridgehead atoms. The van der Waals surface area contributed by atoms with Crippen molar-refractivity contribution in [2.75, 3.05) is 5.32 Å². The molecule has 1 amide bonds. The average Bonchev–Trinajstić information content (AvgIpc) is 3.38. The Bertz CT molecular complexity index is 1570. The van der Waals surface area contributed by atoms with Crippen LogP contribution in [0.3, 0.4) is 0 Å². The monoisotopic (exact) mass is 460 g/mol. The lowest BCUT2D eigenvalue weighted by Gasteiger charge is -2.06. The number of carbonyl (C=O) groups excluding carboxylic acids is 1. The van der Waals surface area contributed by atoms with Gasteiger partial charge in [0.15, 0.2) is 5.89 Å². The van der Waals surface area contributed by atoms with E-state index in [0.29, 0.717) is 39.9 Å². The number of rotatable bonds is 4. The van der Waals surface area contributed by atoms with Gasteiger partial charge in [-0.25, -0.2) is 24.3 Å². The van der Waals surface area contributed by atoms with Gasteiger partial charge in [0.2, 0.25) is 17.5 Å². The molecule has 0 aliphatic heterocycles. The number of hydrogen-bond acceptors (Lipinski definition) is 6. The molecule has 5 aromatic rings. The third-order valence-corrected chi connectivity index (χ3v) is 5.21. The van der Waals surface area contributed by atoms with Gasteiger partial charge < -0.3 is 9.73 Å². The molecule has 4 heterocycles. The third-order valence-electron chi connectivity index (χ3n) is 5.21. The summed E-state index contributed by atoms with van der Waals surface area (Å²) in [7, 11) is 0. The molecule has 0 saturated carbocycles. The number of benzene rings is 1. The van der Waals surface area contributed by atoms with Crippen molar-refractivity contribution in [3.05, 3.63) is 83.7 Å². The molecule has 10 heteroatoms. The maximum atomic E-state index is 14.7. The number of aromatic nitrogens is 5. The van der Waals surface area contributed by atoms with Gasteiger partial charge in [0.25, 0.3) is 5.91 Å². The Kier molecular flexibility index (Phi) is 5.12. The van der Waals surface area contributed by atoms with Gasteiger partial charge >= 0.3 is 0 Å². The molecule has 0 fully saturated rings. The standard InChI is InChI=1S/C24H18F2N6O2/c1-12-6-17(22(26)27-8-12)15-9-28-24-31-20(11-32(24)10-15)18-7-16(4-5-19(18)25)30-23(33)21-13(2)29-14(3)34-21/h4-11H,1-3H3,(H,30,33). The lowest BCUT2D eigenvalue weighted by atomic mass is 10.1. The van der Waals surface area contributed by atoms with Crippen LogP contribution in [0.2, 0.25) is 0 Å². The average molecular weight is 460 g/mol. The van der Waals surface area contributed by atoms with Gasteiger partial charge in [0, 0.05) is 54.1 Å². The number of carbonyl (C=O) groups is 1. The predicted molar refractivity (Wildman–Crippen MR) is 120 cm³/mol. The van der Waals surface area contributed by atoms with Crippen LogP contribution in [0.1, 0.15) is 27.7 Å². The van der Waals surface area contributed by atoms with Crippen LogP contribution in [0.4, 0.5) is 14.5 Å². The fourth-order valence-electron chi connectivity index (χ4n) is 3.64. The molecule has 0 saturated heterocycles. The van der Waals surface area contributed by atoms with Crippen molar-refractivity contribution in [2.45, 2.75) is 20.8 Å². The second-order valence-electron chi connectivity index (χ2n) is 7.82. The minimum atomic E-state index is -0.612. The molecular formula is C24H18F2N6O2. The Balaban J connectivity index is 1.49. The SMILES string of the molecule is Cc1cnc(F)c(-c2cnc3nc(-c4cc(NC(=O)c5oc(C)nc5C)ccc4F)cn3c2)c1. The summed E-state index contributed by atoms with van der Waals surface area (Å²) in [4.78, 5) is 29.0. The van der Waals surface area contributed by atoms with Crippen LogP contribution in [0.5, 0.6) is 0 Å². The highest BCUT2D eigenvalue weighted by Gasteiger charge is 2.18. The fourth-order valence-corrected chi connectivity index (χ4v) is 3.64. The van der Waals surface area contributed by atoms with E-state index in [2.05, 4.69) is 25.3 Å². The lowest BCUT2D eigenvalue weighted by Crippen LogP contribution is -2.12. The van der Waals surface area contributed by atoms with Crippen LogP contribution in [-0.2, 0) is 0 Å². The van der Waals surface area contributed by atoms with E-state index in [0.717, 1.165) is 5.56 Å². The fraction of sp³-hybridized carbons (Fsp3) is 0.125. The van der Waals surface area contributed by atoms with Crippen molar-refractivity contribution in [1.29, 1.82) is 0 Å². The van der Waals surface area contributed by atoms with E-state index in [1.54, 1.807) is 36.7 Å². The number of fused-ring (bicyclic) bond motifs is 1. The first-order valence-corrected chi connectivity index (χ1v) is 10.3. The summed E-state index contributed by atoms with van der Waals surface area (Å²) in [5.41, 5.74) is 2.89. The van der Waals surface area contributed by atoms with Crippen molar-refractivity contribution in [3.63, 3.8) is 0 Å². The molecule has 170 valence electrons. The van der Waals surface area contributed by atoms with E-state index < -0.39 is 17.7 Å². The first kappa shape index (κ1) is 21.4. The smallest absolute Gasteiger partial charge is 0.293 e. The number of oxazole rings is 1. The highest BCUT2D eigenvalue weighted by atomic mass is 19.1. The Morgan fingerprint density at radius 3 is 2.59 bits per heavy atom. The second kappa shape index (κ2) is 8.14. The molecule has 1 N–H and O–H groups in total. The number of pyridine rings is 1. The molecule has 4 aromatic heterocycles. The van der Waals surface area contributed by atoms with Crippen LogP contribution in [0.15, 0.2) is 53.5 Å². The molecule has 0 atom stereocenters. The van der Waals surface area contributed by atoms with Crippen LogP contribution in [-0.4, -0.2) is 30.2 Å². The maximum Gasteiger partial charge on any atom is 0.293 e. The zero-order valence-corrected chi connectivity index (χ0v) is 18.4. The molecule has 0 aliphatic rings. The zero-order valence-electron chi connectivity index (χ0n) is 18.4. The zero-order chi connectivity index (χ0) is 24.0. The molecule has 5 rings (SSSR count). The molecular weight excluding hydrogens is 442 g/mol. The summed E-state index contributed by atoms with van der Waals surface area (Å²) in [5, 5.41) is 2.69. The van der Waals surface area contributed by atoms with Crippen molar-refractivity contribution in [2.24, 2.45) is 0 Å². The van der Waals surface area contributed by atoms with Crippen molar-refractivity contribution < 1.29 is 18.0 Å². The van der Waals surface area contributed by atoms with E-state index >= 15 is 0 Å². The van der Waals surface area contributed by atoms with E-state index in [1.165, 1.54) is 30.6 Å². The Hall–Kier alpha value is -4.47. The first-order chi connectivity index (χ1) is 16.3. The molecule has 0 radical (unpaired) electrons. The summed E-state index contributed by atoms with van der Waals surface area (Å²) in [6.07, 6.45) is 6.16. The summed E-state index contributed by atoms with van der Waals surface area (Å²) in [5.74, 6) is -0.862. The van der Waals surface area contributed by atoms with Gasteiger partial charge in [0.05, 0.1) is 11.4 Å². The molecule has 0 spiro atoms. The molecule has 0 aliphatic carbocycles. The Morgan fingerprint density at radius 2 is 1.82 bits per heavy atom. The van der Waals surface area contributed by atoms with Crippen molar-refractivity contribution in [3.8, 4) is 22.4 Å². The maximum absolute atomic E-state index is 14.7. The highest BCUT2D eigenvalue weighted by Crippen LogP contribution is 2.28. The second-order valence-corrected chi connectivity index (χ2v) is 7.82. The molecule has 34 heavy (non-hydrogen) atoms. The predicted octanol–water partition coefficient (Wildman–Crippen LogP) is 4.90. The van der Waals surface area contributed by atoms with E-state index in [-0.39, 0.29) is 11.3 Å². The summed E-state index contributed by atoms with van der Waals surface area (Å²) < 4.78 is 35.8. The normalized spacial score (nSPS) is 11.2. The summed E-state index contributed by atoms with van der Waals surface area (Å²) in [6, 6.07) is 5.82.